The first-order valence-electron chi connectivity index (χ1n) is 4.65. The van der Waals surface area contributed by atoms with E-state index in [0.29, 0.717) is 0 Å². The van der Waals surface area contributed by atoms with Gasteiger partial charge in [-0.25, -0.2) is 0 Å². The third kappa shape index (κ3) is 0.973. The van der Waals surface area contributed by atoms with E-state index in [1.54, 1.807) is 0 Å². The zero-order chi connectivity index (χ0) is 9.38. The number of rotatable bonds is 1. The Labute approximate surface area is 81.8 Å². The molecule has 14 heavy (non-hydrogen) atoms. The molecule has 0 saturated carbocycles. The first-order valence-corrected chi connectivity index (χ1v) is 4.65. The van der Waals surface area contributed by atoms with Crippen LogP contribution in [0, 0.1) is 0 Å². The summed E-state index contributed by atoms with van der Waals surface area (Å²) in [6, 6.07) is 14.5. The molecule has 0 amide bonds. The van der Waals surface area contributed by atoms with Crippen LogP contribution in [-0.4, -0.2) is 9.61 Å². The summed E-state index contributed by atoms with van der Waals surface area (Å²) >= 11 is 0. The molecule has 0 radical (unpaired) electrons. The number of benzene rings is 1. The van der Waals surface area contributed by atoms with Gasteiger partial charge in [0, 0.05) is 18.0 Å². The van der Waals surface area contributed by atoms with Crippen molar-refractivity contribution in [3.63, 3.8) is 0 Å². The molecule has 2 aromatic heterocycles. The maximum absolute atomic E-state index is 3.18. The minimum Gasteiger partial charge on any atom is -0.301 e. The minimum absolute atomic E-state index is 1.22. The molecular formula is C12H10N2. The molecule has 1 aromatic carbocycles. The van der Waals surface area contributed by atoms with Crippen LogP contribution in [0.2, 0.25) is 0 Å². The minimum atomic E-state index is 1.22. The van der Waals surface area contributed by atoms with E-state index < -0.39 is 0 Å². The number of H-pyrrole nitrogens is 1. The number of nitrogens with zero attached hydrogens (tertiary/aromatic N) is 1. The van der Waals surface area contributed by atoms with Crippen LogP contribution in [0.3, 0.4) is 0 Å². The monoisotopic (exact) mass is 182 g/mol. The highest BCUT2D eigenvalue weighted by atomic mass is 15.2. The largest absolute Gasteiger partial charge is 0.301 e. The Morgan fingerprint density at radius 2 is 1.79 bits per heavy atom. The zero-order valence-corrected chi connectivity index (χ0v) is 7.64. The lowest BCUT2D eigenvalue weighted by molar-refractivity contribution is 0.977. The molecule has 0 fully saturated rings. The molecule has 0 unspecified atom stereocenters. The molecule has 3 aromatic rings. The van der Waals surface area contributed by atoms with Crippen molar-refractivity contribution in [3.8, 4) is 11.1 Å². The average Bonchev–Trinajstić information content (AvgIpc) is 2.79. The van der Waals surface area contributed by atoms with E-state index in [4.69, 9.17) is 0 Å². The van der Waals surface area contributed by atoms with Crippen LogP contribution in [0.4, 0.5) is 0 Å². The number of aromatic amines is 1. The van der Waals surface area contributed by atoms with Gasteiger partial charge in [-0.15, -0.1) is 0 Å². The Hall–Kier alpha value is -1.96. The topological polar surface area (TPSA) is 20.2 Å². The van der Waals surface area contributed by atoms with Crippen molar-refractivity contribution < 1.29 is 0 Å². The summed E-state index contributed by atoms with van der Waals surface area (Å²) in [6.45, 7) is 0. The van der Waals surface area contributed by atoms with E-state index in [1.165, 1.54) is 16.6 Å². The Morgan fingerprint density at radius 1 is 0.929 bits per heavy atom. The van der Waals surface area contributed by atoms with Crippen LogP contribution in [0.25, 0.3) is 16.6 Å². The van der Waals surface area contributed by atoms with Crippen molar-refractivity contribution >= 4 is 5.52 Å². The molecule has 0 aliphatic carbocycles. The summed E-state index contributed by atoms with van der Waals surface area (Å²) < 4.78 is 2.02. The zero-order valence-electron chi connectivity index (χ0n) is 7.64. The highest BCUT2D eigenvalue weighted by Crippen LogP contribution is 2.23. The number of aromatic nitrogens is 2. The molecule has 0 spiro atoms. The number of hydrogen-bond donors (Lipinski definition) is 1. The maximum atomic E-state index is 3.18. The highest BCUT2D eigenvalue weighted by Gasteiger charge is 2.03. The third-order valence-electron chi connectivity index (χ3n) is 2.46. The predicted molar refractivity (Wildman–Crippen MR) is 57.2 cm³/mol. The molecule has 0 saturated heterocycles. The Kier molecular flexibility index (Phi) is 1.47. The summed E-state index contributed by atoms with van der Waals surface area (Å²) in [5, 5.41) is 3.18. The van der Waals surface area contributed by atoms with Crippen LogP contribution in [-0.2, 0) is 0 Å². The van der Waals surface area contributed by atoms with E-state index in [0.717, 1.165) is 0 Å². The molecule has 68 valence electrons. The fourth-order valence-electron chi connectivity index (χ4n) is 1.77. The lowest BCUT2D eigenvalue weighted by atomic mass is 10.1. The van der Waals surface area contributed by atoms with Gasteiger partial charge in [0.15, 0.2) is 0 Å². The van der Waals surface area contributed by atoms with Gasteiger partial charge in [0.25, 0.3) is 0 Å². The van der Waals surface area contributed by atoms with Gasteiger partial charge in [-0.05, 0) is 17.7 Å². The van der Waals surface area contributed by atoms with Crippen LogP contribution in [0.15, 0.2) is 54.9 Å². The van der Waals surface area contributed by atoms with E-state index >= 15 is 0 Å². The standard InChI is InChI=1S/C12H10N2/c1-2-5-10(6-3-1)11-9-13-14-8-4-7-12(11)14/h1-9,13H. The van der Waals surface area contributed by atoms with Crippen LogP contribution in [0.5, 0.6) is 0 Å². The van der Waals surface area contributed by atoms with Crippen molar-refractivity contribution in [2.45, 2.75) is 0 Å². The SMILES string of the molecule is c1ccc(-c2c[nH]n3cccc23)cc1. The third-order valence-corrected chi connectivity index (χ3v) is 2.46. The smallest absolute Gasteiger partial charge is 0.0717 e. The summed E-state index contributed by atoms with van der Waals surface area (Å²) in [5.74, 6) is 0. The van der Waals surface area contributed by atoms with Gasteiger partial charge in [0.2, 0.25) is 0 Å². The van der Waals surface area contributed by atoms with Crippen molar-refractivity contribution in [3.05, 3.63) is 54.9 Å². The average molecular weight is 182 g/mol. The van der Waals surface area contributed by atoms with Crippen LogP contribution >= 0.6 is 0 Å². The van der Waals surface area contributed by atoms with Crippen molar-refractivity contribution in [1.29, 1.82) is 0 Å². The van der Waals surface area contributed by atoms with Gasteiger partial charge in [-0.1, -0.05) is 30.3 Å². The maximum Gasteiger partial charge on any atom is 0.0717 e. The molecule has 2 heterocycles. The molecule has 2 heteroatoms. The predicted octanol–water partition coefficient (Wildman–Crippen LogP) is 2.93. The molecular weight excluding hydrogens is 172 g/mol. The summed E-state index contributed by atoms with van der Waals surface area (Å²) in [5.41, 5.74) is 3.71. The van der Waals surface area contributed by atoms with E-state index in [2.05, 4.69) is 35.4 Å². The van der Waals surface area contributed by atoms with Crippen molar-refractivity contribution in [1.82, 2.24) is 9.61 Å². The van der Waals surface area contributed by atoms with Gasteiger partial charge in [0.05, 0.1) is 5.52 Å². The van der Waals surface area contributed by atoms with E-state index in [-0.39, 0.29) is 0 Å². The molecule has 1 N–H and O–H groups in total. The normalized spacial score (nSPS) is 10.9. The van der Waals surface area contributed by atoms with Crippen molar-refractivity contribution in [2.24, 2.45) is 0 Å². The fraction of sp³-hybridized carbons (Fsp3) is 0. The molecule has 0 atom stereocenters. The lowest BCUT2D eigenvalue weighted by Gasteiger charge is -1.95. The number of hydrogen-bond acceptors (Lipinski definition) is 0. The lowest BCUT2D eigenvalue weighted by Crippen LogP contribution is -1.76. The van der Waals surface area contributed by atoms with E-state index in [1.807, 2.05) is 29.0 Å². The van der Waals surface area contributed by atoms with Gasteiger partial charge in [0.1, 0.15) is 0 Å². The van der Waals surface area contributed by atoms with Gasteiger partial charge in [-0.3, -0.25) is 4.52 Å². The Morgan fingerprint density at radius 3 is 2.64 bits per heavy atom. The quantitative estimate of drug-likeness (QED) is 0.597. The first-order chi connectivity index (χ1) is 6.95. The Bertz CT molecular complexity index is 546. The molecule has 0 aliphatic rings. The summed E-state index contributed by atoms with van der Waals surface area (Å²) in [6.07, 6.45) is 4.05. The molecule has 3 rings (SSSR count). The molecule has 0 bridgehead atoms. The molecule has 0 aliphatic heterocycles. The summed E-state index contributed by atoms with van der Waals surface area (Å²) in [4.78, 5) is 0. The second kappa shape index (κ2) is 2.77. The van der Waals surface area contributed by atoms with Crippen LogP contribution < -0.4 is 0 Å². The van der Waals surface area contributed by atoms with E-state index in [9.17, 15) is 0 Å². The van der Waals surface area contributed by atoms with Crippen LogP contribution in [0.1, 0.15) is 0 Å². The van der Waals surface area contributed by atoms with Gasteiger partial charge >= 0.3 is 0 Å². The Balaban J connectivity index is 2.28. The molecule has 2 nitrogen and oxygen atoms in total. The first kappa shape index (κ1) is 7.44. The summed E-state index contributed by atoms with van der Waals surface area (Å²) in [7, 11) is 0. The second-order valence-electron chi connectivity index (χ2n) is 3.32. The fourth-order valence-corrected chi connectivity index (χ4v) is 1.77. The number of nitrogens with one attached hydrogen (secondary N) is 1. The second-order valence-corrected chi connectivity index (χ2v) is 3.32. The van der Waals surface area contributed by atoms with Gasteiger partial charge < -0.3 is 5.10 Å². The van der Waals surface area contributed by atoms with Gasteiger partial charge in [-0.2, -0.15) is 0 Å². The highest BCUT2D eigenvalue weighted by molar-refractivity contribution is 5.79. The number of fused-ring (bicyclic) bond motifs is 1. The van der Waals surface area contributed by atoms with Crippen molar-refractivity contribution in [2.75, 3.05) is 0 Å².